The standard InChI is InChI=1S/C16H13ClO2/c1-11(2)16(18)19-15-10-13(17)8-9-14(15)12-6-4-3-5-7-12/h3-10H,1H2,2H3. The minimum atomic E-state index is -0.459. The molecule has 0 amide bonds. The van der Waals surface area contributed by atoms with E-state index >= 15 is 0 Å². The lowest BCUT2D eigenvalue weighted by Gasteiger charge is -2.10. The summed E-state index contributed by atoms with van der Waals surface area (Å²) < 4.78 is 5.32. The van der Waals surface area contributed by atoms with Crippen molar-refractivity contribution in [3.05, 3.63) is 65.7 Å². The molecule has 0 unspecified atom stereocenters. The summed E-state index contributed by atoms with van der Waals surface area (Å²) in [6.07, 6.45) is 0. The van der Waals surface area contributed by atoms with Gasteiger partial charge in [-0.3, -0.25) is 0 Å². The van der Waals surface area contributed by atoms with Gasteiger partial charge in [0.2, 0.25) is 0 Å². The molecule has 3 heteroatoms. The Morgan fingerprint density at radius 1 is 1.16 bits per heavy atom. The third kappa shape index (κ3) is 3.24. The second-order valence-corrected chi connectivity index (χ2v) is 4.61. The van der Waals surface area contributed by atoms with Gasteiger partial charge < -0.3 is 4.74 Å². The van der Waals surface area contributed by atoms with Gasteiger partial charge in [0.25, 0.3) is 0 Å². The Kier molecular flexibility index (Phi) is 4.03. The van der Waals surface area contributed by atoms with Crippen LogP contribution in [0.15, 0.2) is 60.7 Å². The molecule has 0 radical (unpaired) electrons. The van der Waals surface area contributed by atoms with Gasteiger partial charge in [0.15, 0.2) is 0 Å². The van der Waals surface area contributed by atoms with Gasteiger partial charge >= 0.3 is 5.97 Å². The van der Waals surface area contributed by atoms with Crippen molar-refractivity contribution in [1.29, 1.82) is 0 Å². The fourth-order valence-corrected chi connectivity index (χ4v) is 1.79. The lowest BCUT2D eigenvalue weighted by atomic mass is 10.0. The van der Waals surface area contributed by atoms with E-state index in [0.29, 0.717) is 16.3 Å². The van der Waals surface area contributed by atoms with Crippen molar-refractivity contribution in [3.8, 4) is 16.9 Å². The fraction of sp³-hybridized carbons (Fsp3) is 0.0625. The van der Waals surface area contributed by atoms with Crippen LogP contribution < -0.4 is 4.74 Å². The third-order valence-corrected chi connectivity index (χ3v) is 2.81. The number of carbonyl (C=O) groups is 1. The molecule has 2 aromatic rings. The largest absolute Gasteiger partial charge is 0.422 e. The van der Waals surface area contributed by atoms with Crippen molar-refractivity contribution in [2.24, 2.45) is 0 Å². The van der Waals surface area contributed by atoms with E-state index in [1.165, 1.54) is 0 Å². The Morgan fingerprint density at radius 3 is 2.47 bits per heavy atom. The van der Waals surface area contributed by atoms with Gasteiger partial charge in [-0.25, -0.2) is 4.79 Å². The molecule has 0 N–H and O–H groups in total. The van der Waals surface area contributed by atoms with E-state index in [0.717, 1.165) is 11.1 Å². The van der Waals surface area contributed by atoms with Gasteiger partial charge in [-0.05, 0) is 24.6 Å². The zero-order valence-electron chi connectivity index (χ0n) is 10.5. The zero-order valence-corrected chi connectivity index (χ0v) is 11.3. The topological polar surface area (TPSA) is 26.3 Å². The quantitative estimate of drug-likeness (QED) is 0.467. The highest BCUT2D eigenvalue weighted by Gasteiger charge is 2.12. The molecule has 2 aromatic carbocycles. The van der Waals surface area contributed by atoms with Crippen molar-refractivity contribution in [2.45, 2.75) is 6.92 Å². The molecule has 0 spiro atoms. The summed E-state index contributed by atoms with van der Waals surface area (Å²) in [6, 6.07) is 14.9. The van der Waals surface area contributed by atoms with E-state index in [-0.39, 0.29) is 0 Å². The van der Waals surface area contributed by atoms with Crippen molar-refractivity contribution >= 4 is 17.6 Å². The Labute approximate surface area is 117 Å². The third-order valence-electron chi connectivity index (χ3n) is 2.58. The Bertz CT molecular complexity index is 618. The van der Waals surface area contributed by atoms with E-state index in [4.69, 9.17) is 16.3 Å². The summed E-state index contributed by atoms with van der Waals surface area (Å²) in [4.78, 5) is 11.6. The highest BCUT2D eigenvalue weighted by Crippen LogP contribution is 2.32. The molecule has 96 valence electrons. The molecule has 2 nitrogen and oxygen atoms in total. The molecule has 0 aromatic heterocycles. The molecule has 0 fully saturated rings. The number of benzene rings is 2. The normalized spacial score (nSPS) is 10.0. The van der Waals surface area contributed by atoms with Crippen LogP contribution in [0, 0.1) is 0 Å². The predicted molar refractivity (Wildman–Crippen MR) is 77.3 cm³/mol. The number of rotatable bonds is 3. The minimum Gasteiger partial charge on any atom is -0.422 e. The lowest BCUT2D eigenvalue weighted by molar-refractivity contribution is -0.130. The summed E-state index contributed by atoms with van der Waals surface area (Å²) in [7, 11) is 0. The van der Waals surface area contributed by atoms with Crippen LogP contribution in [0.4, 0.5) is 0 Å². The molecule has 0 bridgehead atoms. The maximum absolute atomic E-state index is 11.6. The summed E-state index contributed by atoms with van der Waals surface area (Å²) in [5.74, 6) is -0.0221. The first-order valence-electron chi connectivity index (χ1n) is 5.80. The van der Waals surface area contributed by atoms with Crippen LogP contribution in [0.25, 0.3) is 11.1 Å². The maximum Gasteiger partial charge on any atom is 0.338 e. The van der Waals surface area contributed by atoms with Crippen molar-refractivity contribution < 1.29 is 9.53 Å². The first kappa shape index (κ1) is 13.4. The molecule has 2 rings (SSSR count). The molecule has 0 heterocycles. The fourth-order valence-electron chi connectivity index (χ4n) is 1.62. The van der Waals surface area contributed by atoms with Crippen LogP contribution >= 0.6 is 11.6 Å². The summed E-state index contributed by atoms with van der Waals surface area (Å²) >= 11 is 5.95. The lowest BCUT2D eigenvalue weighted by Crippen LogP contribution is -2.08. The van der Waals surface area contributed by atoms with Gasteiger partial charge in [-0.2, -0.15) is 0 Å². The Morgan fingerprint density at radius 2 is 1.84 bits per heavy atom. The molecular formula is C16H13ClO2. The summed E-state index contributed by atoms with van der Waals surface area (Å²) in [6.45, 7) is 5.17. The second-order valence-electron chi connectivity index (χ2n) is 4.18. The smallest absolute Gasteiger partial charge is 0.338 e. The number of esters is 1. The molecule has 0 saturated heterocycles. The first-order valence-corrected chi connectivity index (χ1v) is 6.18. The van der Waals surface area contributed by atoms with Crippen LogP contribution in [0.2, 0.25) is 5.02 Å². The van der Waals surface area contributed by atoms with Gasteiger partial charge in [0, 0.05) is 22.2 Å². The van der Waals surface area contributed by atoms with Gasteiger partial charge in [-0.1, -0.05) is 48.5 Å². The van der Waals surface area contributed by atoms with E-state index in [1.54, 1.807) is 19.1 Å². The maximum atomic E-state index is 11.6. The number of hydrogen-bond donors (Lipinski definition) is 0. The minimum absolute atomic E-state index is 0.346. The number of halogens is 1. The van der Waals surface area contributed by atoms with Crippen LogP contribution in [-0.4, -0.2) is 5.97 Å². The SMILES string of the molecule is C=C(C)C(=O)Oc1cc(Cl)ccc1-c1ccccc1. The van der Waals surface area contributed by atoms with E-state index < -0.39 is 5.97 Å². The highest BCUT2D eigenvalue weighted by molar-refractivity contribution is 6.30. The Hall–Kier alpha value is -2.06. The van der Waals surface area contributed by atoms with Crippen LogP contribution in [-0.2, 0) is 4.79 Å². The first-order chi connectivity index (χ1) is 9.08. The van der Waals surface area contributed by atoms with Gasteiger partial charge in [-0.15, -0.1) is 0 Å². The highest BCUT2D eigenvalue weighted by atomic mass is 35.5. The van der Waals surface area contributed by atoms with Crippen LogP contribution in [0.1, 0.15) is 6.92 Å². The van der Waals surface area contributed by atoms with Crippen LogP contribution in [0.3, 0.4) is 0 Å². The van der Waals surface area contributed by atoms with E-state index in [1.807, 2.05) is 36.4 Å². The average molecular weight is 273 g/mol. The van der Waals surface area contributed by atoms with E-state index in [2.05, 4.69) is 6.58 Å². The number of ether oxygens (including phenoxy) is 1. The molecule has 0 saturated carbocycles. The second kappa shape index (κ2) is 5.72. The summed E-state index contributed by atoms with van der Waals surface area (Å²) in [5.41, 5.74) is 2.13. The molecular weight excluding hydrogens is 260 g/mol. The molecule has 0 aliphatic rings. The monoisotopic (exact) mass is 272 g/mol. The van der Waals surface area contributed by atoms with E-state index in [9.17, 15) is 4.79 Å². The average Bonchev–Trinajstić information content (AvgIpc) is 2.39. The number of carbonyl (C=O) groups excluding carboxylic acids is 1. The zero-order chi connectivity index (χ0) is 13.8. The van der Waals surface area contributed by atoms with Gasteiger partial charge in [0.1, 0.15) is 5.75 Å². The molecule has 0 atom stereocenters. The molecule has 0 aliphatic carbocycles. The summed E-state index contributed by atoms with van der Waals surface area (Å²) in [5, 5.41) is 0.518. The van der Waals surface area contributed by atoms with Crippen molar-refractivity contribution in [3.63, 3.8) is 0 Å². The van der Waals surface area contributed by atoms with Crippen molar-refractivity contribution in [1.82, 2.24) is 0 Å². The van der Waals surface area contributed by atoms with Crippen molar-refractivity contribution in [2.75, 3.05) is 0 Å². The predicted octanol–water partition coefficient (Wildman–Crippen LogP) is 4.49. The Balaban J connectivity index is 2.44. The molecule has 19 heavy (non-hydrogen) atoms. The molecule has 0 aliphatic heterocycles. The van der Waals surface area contributed by atoms with Crippen LogP contribution in [0.5, 0.6) is 5.75 Å². The number of hydrogen-bond acceptors (Lipinski definition) is 2. The van der Waals surface area contributed by atoms with Gasteiger partial charge in [0.05, 0.1) is 0 Å².